The molecule has 5 nitrogen and oxygen atoms in total. The second-order valence-corrected chi connectivity index (χ2v) is 2.81. The Balaban J connectivity index is 3.23. The van der Waals surface area contributed by atoms with E-state index in [1.165, 1.54) is 26.2 Å². The Morgan fingerprint density at radius 1 is 1.47 bits per heavy atom. The molecule has 0 spiro atoms. The van der Waals surface area contributed by atoms with Crippen LogP contribution in [0, 0.1) is 0 Å². The number of ether oxygens (including phenoxy) is 2. The summed E-state index contributed by atoms with van der Waals surface area (Å²) in [6.45, 7) is 1.27. The molecule has 0 aliphatic heterocycles. The van der Waals surface area contributed by atoms with Gasteiger partial charge in [-0.3, -0.25) is 9.59 Å². The average molecular weight is 209 g/mol. The number of aldehydes is 1. The summed E-state index contributed by atoms with van der Waals surface area (Å²) in [7, 11) is 1.38. The van der Waals surface area contributed by atoms with Gasteiger partial charge in [-0.05, 0) is 12.1 Å². The number of nitrogens with two attached hydrogens (primary N) is 1. The number of esters is 1. The molecule has 0 heterocycles. The van der Waals surface area contributed by atoms with Gasteiger partial charge in [0.15, 0.2) is 17.8 Å². The van der Waals surface area contributed by atoms with E-state index in [-0.39, 0.29) is 17.2 Å². The molecule has 0 aromatic heterocycles. The van der Waals surface area contributed by atoms with E-state index in [0.717, 1.165) is 0 Å². The SMILES string of the molecule is COc1c(OC(C)=O)ccc(C=O)c1N. The minimum Gasteiger partial charge on any atom is -0.491 e. The zero-order valence-electron chi connectivity index (χ0n) is 8.44. The van der Waals surface area contributed by atoms with Crippen LogP contribution in [0.1, 0.15) is 17.3 Å². The molecule has 2 N–H and O–H groups in total. The summed E-state index contributed by atoms with van der Waals surface area (Å²) in [5.74, 6) is -0.0885. The van der Waals surface area contributed by atoms with Crippen LogP contribution < -0.4 is 15.2 Å². The van der Waals surface area contributed by atoms with Gasteiger partial charge in [0.1, 0.15) is 0 Å². The molecule has 5 heteroatoms. The minimum atomic E-state index is -0.480. The van der Waals surface area contributed by atoms with Crippen LogP contribution in [0.3, 0.4) is 0 Å². The van der Waals surface area contributed by atoms with Crippen LogP contribution in [0.25, 0.3) is 0 Å². The van der Waals surface area contributed by atoms with Gasteiger partial charge in [0, 0.05) is 12.5 Å². The highest BCUT2D eigenvalue weighted by atomic mass is 16.6. The third kappa shape index (κ3) is 2.25. The smallest absolute Gasteiger partial charge is 0.308 e. The molecule has 0 bridgehead atoms. The van der Waals surface area contributed by atoms with Crippen molar-refractivity contribution in [2.75, 3.05) is 12.8 Å². The summed E-state index contributed by atoms with van der Waals surface area (Å²) in [6.07, 6.45) is 0.607. The Hall–Kier alpha value is -2.04. The van der Waals surface area contributed by atoms with Crippen molar-refractivity contribution in [3.8, 4) is 11.5 Å². The summed E-state index contributed by atoms with van der Waals surface area (Å²) in [5.41, 5.74) is 6.09. The van der Waals surface area contributed by atoms with Gasteiger partial charge in [0.25, 0.3) is 0 Å². The third-order valence-electron chi connectivity index (χ3n) is 1.78. The van der Waals surface area contributed by atoms with Crippen LogP contribution in [-0.4, -0.2) is 19.4 Å². The molecule has 0 amide bonds. The van der Waals surface area contributed by atoms with Crippen molar-refractivity contribution in [2.24, 2.45) is 0 Å². The van der Waals surface area contributed by atoms with E-state index in [1.54, 1.807) is 0 Å². The monoisotopic (exact) mass is 209 g/mol. The first-order valence-electron chi connectivity index (χ1n) is 4.20. The van der Waals surface area contributed by atoms with E-state index >= 15 is 0 Å². The predicted molar refractivity (Wildman–Crippen MR) is 54.1 cm³/mol. The molecule has 0 aliphatic carbocycles. The van der Waals surface area contributed by atoms with Crippen molar-refractivity contribution in [3.05, 3.63) is 17.7 Å². The Bertz CT molecular complexity index is 401. The molecule has 1 rings (SSSR count). The van der Waals surface area contributed by atoms with Crippen molar-refractivity contribution >= 4 is 17.9 Å². The van der Waals surface area contributed by atoms with Crippen molar-refractivity contribution in [1.29, 1.82) is 0 Å². The number of benzene rings is 1. The fraction of sp³-hybridized carbons (Fsp3) is 0.200. The molecule has 0 saturated heterocycles. The molecule has 1 aromatic rings. The highest BCUT2D eigenvalue weighted by Gasteiger charge is 2.13. The molecule has 1 aromatic carbocycles. The Morgan fingerprint density at radius 3 is 2.60 bits per heavy atom. The number of carbonyl (C=O) groups is 2. The van der Waals surface area contributed by atoms with Crippen molar-refractivity contribution in [2.45, 2.75) is 6.92 Å². The van der Waals surface area contributed by atoms with Crippen molar-refractivity contribution < 1.29 is 19.1 Å². The number of methoxy groups -OCH3 is 1. The summed E-state index contributed by atoms with van der Waals surface area (Å²) >= 11 is 0. The van der Waals surface area contributed by atoms with E-state index in [2.05, 4.69) is 0 Å². The molecule has 0 radical (unpaired) electrons. The molecular weight excluding hydrogens is 198 g/mol. The zero-order valence-corrected chi connectivity index (χ0v) is 8.44. The lowest BCUT2D eigenvalue weighted by atomic mass is 10.1. The number of rotatable bonds is 3. The number of carbonyl (C=O) groups excluding carboxylic acids is 2. The van der Waals surface area contributed by atoms with E-state index in [4.69, 9.17) is 15.2 Å². The third-order valence-corrected chi connectivity index (χ3v) is 1.78. The summed E-state index contributed by atoms with van der Waals surface area (Å²) in [6, 6.07) is 2.92. The summed E-state index contributed by atoms with van der Waals surface area (Å²) in [4.78, 5) is 21.3. The molecule has 0 aliphatic rings. The first-order valence-corrected chi connectivity index (χ1v) is 4.20. The standard InChI is InChI=1S/C10H11NO4/c1-6(13)15-8-4-3-7(5-12)9(11)10(8)14-2/h3-5H,11H2,1-2H3. The number of hydrogen-bond acceptors (Lipinski definition) is 5. The fourth-order valence-corrected chi connectivity index (χ4v) is 1.14. The van der Waals surface area contributed by atoms with Crippen LogP contribution in [0.15, 0.2) is 12.1 Å². The molecular formula is C10H11NO4. The predicted octanol–water partition coefficient (Wildman–Crippen LogP) is 1.02. The van der Waals surface area contributed by atoms with Crippen LogP contribution in [0.5, 0.6) is 11.5 Å². The maximum absolute atomic E-state index is 10.8. The Kier molecular flexibility index (Phi) is 3.28. The number of anilines is 1. The second kappa shape index (κ2) is 4.45. The summed E-state index contributed by atoms with van der Waals surface area (Å²) < 4.78 is 9.82. The molecule has 0 unspecified atom stereocenters. The first kappa shape index (κ1) is 11.0. The minimum absolute atomic E-state index is 0.159. The average Bonchev–Trinajstić information content (AvgIpc) is 2.18. The van der Waals surface area contributed by atoms with Gasteiger partial charge < -0.3 is 15.2 Å². The zero-order chi connectivity index (χ0) is 11.4. The maximum atomic E-state index is 10.8. The lowest BCUT2D eigenvalue weighted by Crippen LogP contribution is -2.05. The lowest BCUT2D eigenvalue weighted by Gasteiger charge is -2.11. The fourth-order valence-electron chi connectivity index (χ4n) is 1.14. The lowest BCUT2D eigenvalue weighted by molar-refractivity contribution is -0.132. The van der Waals surface area contributed by atoms with Gasteiger partial charge in [0.05, 0.1) is 12.8 Å². The van der Waals surface area contributed by atoms with Crippen molar-refractivity contribution in [3.63, 3.8) is 0 Å². The summed E-state index contributed by atoms with van der Waals surface area (Å²) in [5, 5.41) is 0. The molecule has 0 saturated carbocycles. The molecule has 15 heavy (non-hydrogen) atoms. The van der Waals surface area contributed by atoms with Gasteiger partial charge >= 0.3 is 5.97 Å². The quantitative estimate of drug-likeness (QED) is 0.348. The van der Waals surface area contributed by atoms with Gasteiger partial charge in [0.2, 0.25) is 0 Å². The van der Waals surface area contributed by atoms with E-state index < -0.39 is 5.97 Å². The normalized spacial score (nSPS) is 9.47. The van der Waals surface area contributed by atoms with Gasteiger partial charge in [-0.2, -0.15) is 0 Å². The Labute approximate surface area is 86.8 Å². The van der Waals surface area contributed by atoms with E-state index in [1.807, 2.05) is 0 Å². The van der Waals surface area contributed by atoms with Gasteiger partial charge in [-0.15, -0.1) is 0 Å². The second-order valence-electron chi connectivity index (χ2n) is 2.81. The van der Waals surface area contributed by atoms with E-state index in [0.29, 0.717) is 11.8 Å². The highest BCUT2D eigenvalue weighted by Crippen LogP contribution is 2.35. The van der Waals surface area contributed by atoms with Crippen molar-refractivity contribution in [1.82, 2.24) is 0 Å². The van der Waals surface area contributed by atoms with Crippen LogP contribution in [0.2, 0.25) is 0 Å². The largest absolute Gasteiger partial charge is 0.491 e. The highest BCUT2D eigenvalue weighted by molar-refractivity contribution is 5.87. The van der Waals surface area contributed by atoms with E-state index in [9.17, 15) is 9.59 Å². The molecule has 0 atom stereocenters. The van der Waals surface area contributed by atoms with Gasteiger partial charge in [-0.1, -0.05) is 0 Å². The number of nitrogen functional groups attached to an aromatic ring is 1. The van der Waals surface area contributed by atoms with Crippen LogP contribution in [-0.2, 0) is 4.79 Å². The Morgan fingerprint density at radius 2 is 2.13 bits per heavy atom. The number of hydrogen-bond donors (Lipinski definition) is 1. The van der Waals surface area contributed by atoms with Crippen LogP contribution >= 0.6 is 0 Å². The first-order chi connectivity index (χ1) is 7.10. The molecule has 80 valence electrons. The maximum Gasteiger partial charge on any atom is 0.308 e. The van der Waals surface area contributed by atoms with Crippen LogP contribution in [0.4, 0.5) is 5.69 Å². The topological polar surface area (TPSA) is 78.6 Å². The van der Waals surface area contributed by atoms with Gasteiger partial charge in [-0.25, -0.2) is 0 Å². The molecule has 0 fully saturated rings.